The molecule has 0 fully saturated rings. The molecule has 27 heavy (non-hydrogen) atoms. The Hall–Kier alpha value is -3.14. The van der Waals surface area contributed by atoms with Crippen molar-refractivity contribution in [3.8, 4) is 0 Å². The number of aryl methyl sites for hydroxylation is 2. The molecule has 3 aromatic rings. The Labute approximate surface area is 160 Å². The van der Waals surface area contributed by atoms with Gasteiger partial charge in [0, 0.05) is 5.69 Å². The second-order valence-corrected chi connectivity index (χ2v) is 6.92. The zero-order chi connectivity index (χ0) is 19.4. The van der Waals surface area contributed by atoms with Crippen LogP contribution in [0.15, 0.2) is 65.8 Å². The summed E-state index contributed by atoms with van der Waals surface area (Å²) >= 11 is 0. The maximum Gasteiger partial charge on any atom is 0.262 e. The van der Waals surface area contributed by atoms with Gasteiger partial charge in [-0.25, -0.2) is 5.43 Å². The highest BCUT2D eigenvalue weighted by Gasteiger charge is 2.13. The van der Waals surface area contributed by atoms with Crippen molar-refractivity contribution in [1.82, 2.24) is 5.43 Å². The normalized spacial score (nSPS) is 12.7. The molecule has 4 heteroatoms. The number of benzene rings is 3. The maximum atomic E-state index is 12.4. The highest BCUT2D eigenvalue weighted by Crippen LogP contribution is 2.17. The average Bonchev–Trinajstić information content (AvgIpc) is 2.67. The van der Waals surface area contributed by atoms with Gasteiger partial charge in [-0.1, -0.05) is 54.1 Å². The molecule has 0 aliphatic rings. The monoisotopic (exact) mass is 359 g/mol. The molecule has 1 atom stereocenters. The molecule has 0 radical (unpaired) electrons. The zero-order valence-electron chi connectivity index (χ0n) is 16.2. The molecule has 0 saturated heterocycles. The first kappa shape index (κ1) is 18.6. The van der Waals surface area contributed by atoms with E-state index in [1.165, 1.54) is 10.9 Å². The van der Waals surface area contributed by atoms with Gasteiger partial charge in [-0.3, -0.25) is 4.79 Å². The number of carbonyl (C=O) groups excluding carboxylic acids is 1. The van der Waals surface area contributed by atoms with Crippen molar-refractivity contribution in [2.75, 3.05) is 5.32 Å². The van der Waals surface area contributed by atoms with Crippen LogP contribution in [-0.2, 0) is 4.79 Å². The van der Waals surface area contributed by atoms with Gasteiger partial charge in [0.2, 0.25) is 0 Å². The molecule has 0 saturated carbocycles. The average molecular weight is 359 g/mol. The summed E-state index contributed by atoms with van der Waals surface area (Å²) in [5.41, 5.74) is 7.70. The Kier molecular flexibility index (Phi) is 5.55. The zero-order valence-corrected chi connectivity index (χ0v) is 16.2. The summed E-state index contributed by atoms with van der Waals surface area (Å²) in [7, 11) is 0. The number of amides is 1. The first-order valence-corrected chi connectivity index (χ1v) is 9.11. The molecule has 0 bridgehead atoms. The molecule has 0 heterocycles. The minimum Gasteiger partial charge on any atom is -0.374 e. The van der Waals surface area contributed by atoms with Crippen molar-refractivity contribution in [1.29, 1.82) is 0 Å². The van der Waals surface area contributed by atoms with Crippen LogP contribution in [0.3, 0.4) is 0 Å². The van der Waals surface area contributed by atoms with E-state index in [-0.39, 0.29) is 11.9 Å². The van der Waals surface area contributed by atoms with Gasteiger partial charge in [0.25, 0.3) is 5.91 Å². The first-order valence-electron chi connectivity index (χ1n) is 9.11. The van der Waals surface area contributed by atoms with E-state index in [9.17, 15) is 4.79 Å². The molecular weight excluding hydrogens is 334 g/mol. The predicted molar refractivity (Wildman–Crippen MR) is 113 cm³/mol. The summed E-state index contributed by atoms with van der Waals surface area (Å²) in [6, 6.07) is 20.1. The van der Waals surface area contributed by atoms with Gasteiger partial charge in [0.1, 0.15) is 6.04 Å². The standard InChI is InChI=1S/C23H25N3O/c1-15-9-12-22(16(2)13-15)24-18(4)23(27)26-25-17(3)20-11-10-19-7-5-6-8-21(19)14-20/h5-14,18,24H,1-4H3,(H,26,27)/b25-17-/t18-/m1/s1. The second kappa shape index (κ2) is 8.04. The molecule has 0 aliphatic heterocycles. The van der Waals surface area contributed by atoms with E-state index < -0.39 is 0 Å². The van der Waals surface area contributed by atoms with Crippen molar-refractivity contribution in [2.45, 2.75) is 33.7 Å². The van der Waals surface area contributed by atoms with E-state index in [0.29, 0.717) is 0 Å². The maximum absolute atomic E-state index is 12.4. The Morgan fingerprint density at radius 2 is 1.70 bits per heavy atom. The highest BCUT2D eigenvalue weighted by molar-refractivity contribution is 6.02. The molecule has 138 valence electrons. The Morgan fingerprint density at radius 3 is 2.44 bits per heavy atom. The summed E-state index contributed by atoms with van der Waals surface area (Å²) in [6.45, 7) is 7.81. The lowest BCUT2D eigenvalue weighted by Gasteiger charge is -2.16. The molecule has 2 N–H and O–H groups in total. The number of hydrogen-bond acceptors (Lipinski definition) is 3. The van der Waals surface area contributed by atoms with Crippen LogP contribution in [0, 0.1) is 13.8 Å². The van der Waals surface area contributed by atoms with E-state index in [0.717, 1.165) is 27.9 Å². The molecule has 3 aromatic carbocycles. The first-order chi connectivity index (χ1) is 12.9. The van der Waals surface area contributed by atoms with Crippen LogP contribution in [0.5, 0.6) is 0 Å². The fourth-order valence-electron chi connectivity index (χ4n) is 2.99. The molecule has 0 aliphatic carbocycles. The van der Waals surface area contributed by atoms with E-state index in [1.54, 1.807) is 0 Å². The molecule has 0 unspecified atom stereocenters. The third kappa shape index (κ3) is 4.53. The predicted octanol–water partition coefficient (Wildman–Crippen LogP) is 4.80. The van der Waals surface area contributed by atoms with Crippen LogP contribution in [0.2, 0.25) is 0 Å². The van der Waals surface area contributed by atoms with Crippen LogP contribution in [0.1, 0.15) is 30.5 Å². The highest BCUT2D eigenvalue weighted by atomic mass is 16.2. The van der Waals surface area contributed by atoms with Gasteiger partial charge in [-0.15, -0.1) is 0 Å². The largest absolute Gasteiger partial charge is 0.374 e. The molecular formula is C23H25N3O. The summed E-state index contributed by atoms with van der Waals surface area (Å²) in [4.78, 5) is 12.4. The van der Waals surface area contributed by atoms with Crippen molar-refractivity contribution in [3.63, 3.8) is 0 Å². The van der Waals surface area contributed by atoms with E-state index in [2.05, 4.69) is 53.1 Å². The second-order valence-electron chi connectivity index (χ2n) is 6.92. The SMILES string of the molecule is C/C(=N/NC(=O)[C@@H](C)Nc1ccc(C)cc1C)c1ccc2ccccc2c1. The number of fused-ring (bicyclic) bond motifs is 1. The molecule has 4 nitrogen and oxygen atoms in total. The lowest BCUT2D eigenvalue weighted by Crippen LogP contribution is -2.35. The van der Waals surface area contributed by atoms with E-state index >= 15 is 0 Å². The lowest BCUT2D eigenvalue weighted by atomic mass is 10.0. The number of anilines is 1. The van der Waals surface area contributed by atoms with Crippen molar-refractivity contribution < 1.29 is 4.79 Å². The molecule has 0 aromatic heterocycles. The number of nitrogens with zero attached hydrogens (tertiary/aromatic N) is 1. The molecule has 1 amide bonds. The van der Waals surface area contributed by atoms with Gasteiger partial charge in [-0.05, 0) is 61.7 Å². The van der Waals surface area contributed by atoms with Gasteiger partial charge in [-0.2, -0.15) is 5.10 Å². The van der Waals surface area contributed by atoms with Gasteiger partial charge in [0.05, 0.1) is 5.71 Å². The number of nitrogens with one attached hydrogen (secondary N) is 2. The topological polar surface area (TPSA) is 53.5 Å². The van der Waals surface area contributed by atoms with Gasteiger partial charge in [0.15, 0.2) is 0 Å². The number of rotatable bonds is 5. The van der Waals surface area contributed by atoms with Crippen LogP contribution < -0.4 is 10.7 Å². The minimum atomic E-state index is -0.389. The van der Waals surface area contributed by atoms with Crippen molar-refractivity contribution in [2.24, 2.45) is 5.10 Å². The number of hydrazone groups is 1. The van der Waals surface area contributed by atoms with Crippen LogP contribution >= 0.6 is 0 Å². The van der Waals surface area contributed by atoms with Gasteiger partial charge < -0.3 is 5.32 Å². The Bertz CT molecular complexity index is 1010. The quantitative estimate of drug-likeness (QED) is 0.508. The fourth-order valence-corrected chi connectivity index (χ4v) is 2.99. The van der Waals surface area contributed by atoms with Crippen LogP contribution in [0.25, 0.3) is 10.8 Å². The van der Waals surface area contributed by atoms with Crippen LogP contribution in [0.4, 0.5) is 5.69 Å². The third-order valence-corrected chi connectivity index (χ3v) is 4.65. The van der Waals surface area contributed by atoms with Crippen molar-refractivity contribution in [3.05, 3.63) is 77.4 Å². The summed E-state index contributed by atoms with van der Waals surface area (Å²) in [5.74, 6) is -0.171. The van der Waals surface area contributed by atoms with E-state index in [4.69, 9.17) is 0 Å². The summed E-state index contributed by atoms with van der Waals surface area (Å²) < 4.78 is 0. The lowest BCUT2D eigenvalue weighted by molar-refractivity contribution is -0.121. The summed E-state index contributed by atoms with van der Waals surface area (Å²) in [5, 5.41) is 9.86. The smallest absolute Gasteiger partial charge is 0.262 e. The Balaban J connectivity index is 1.67. The number of carbonyl (C=O) groups is 1. The van der Waals surface area contributed by atoms with Crippen molar-refractivity contribution >= 4 is 28.1 Å². The number of hydrogen-bond donors (Lipinski definition) is 2. The molecule has 3 rings (SSSR count). The third-order valence-electron chi connectivity index (χ3n) is 4.65. The molecule has 0 spiro atoms. The fraction of sp³-hybridized carbons (Fsp3) is 0.217. The van der Waals surface area contributed by atoms with E-state index in [1.807, 2.05) is 51.1 Å². The minimum absolute atomic E-state index is 0.171. The van der Waals surface area contributed by atoms with Gasteiger partial charge >= 0.3 is 0 Å². The summed E-state index contributed by atoms with van der Waals surface area (Å²) in [6.07, 6.45) is 0. The van der Waals surface area contributed by atoms with Crippen LogP contribution in [-0.4, -0.2) is 17.7 Å². The Morgan fingerprint density at radius 1 is 0.963 bits per heavy atom.